The van der Waals surface area contributed by atoms with Crippen LogP contribution in [0, 0.1) is 11.8 Å². The Bertz CT molecular complexity index is 769. The second-order valence-corrected chi connectivity index (χ2v) is 7.80. The van der Waals surface area contributed by atoms with Crippen LogP contribution in [0.5, 0.6) is 0 Å². The third-order valence-electron chi connectivity index (χ3n) is 4.06. The minimum Gasteiger partial charge on any atom is -0.481 e. The molecule has 0 saturated heterocycles. The topological polar surface area (TPSA) is 135 Å². The fraction of sp³-hybridized carbons (Fsp3) is 0.526. The van der Waals surface area contributed by atoms with E-state index >= 15 is 0 Å². The van der Waals surface area contributed by atoms with Gasteiger partial charge >= 0.3 is 5.97 Å². The first-order valence-electron chi connectivity index (χ1n) is 9.22. The zero-order valence-corrected chi connectivity index (χ0v) is 19.5. The Kier molecular flexibility index (Phi) is 17.4. The van der Waals surface area contributed by atoms with Crippen molar-refractivity contribution in [2.24, 2.45) is 22.1 Å². The summed E-state index contributed by atoms with van der Waals surface area (Å²) in [5, 5.41) is 23.9. The molecule has 164 valence electrons. The smallest absolute Gasteiger partial charge is 0.303 e. The predicted octanol–water partition coefficient (Wildman–Crippen LogP) is 7.17. The Labute approximate surface area is 189 Å². The van der Waals surface area contributed by atoms with Crippen LogP contribution in [-0.2, 0) is 17.6 Å². The Balaban J connectivity index is 0.000000522. The summed E-state index contributed by atoms with van der Waals surface area (Å²) in [4.78, 5) is 16.0. The maximum absolute atomic E-state index is 10.6. The van der Waals surface area contributed by atoms with Crippen molar-refractivity contribution in [2.45, 2.75) is 32.6 Å². The largest absolute Gasteiger partial charge is 0.481 e. The van der Waals surface area contributed by atoms with E-state index in [4.69, 9.17) is 16.2 Å². The number of rotatable bonds is 11. The van der Waals surface area contributed by atoms with Crippen molar-refractivity contribution in [3.05, 3.63) is 65.7 Å². The fourth-order valence-electron chi connectivity index (χ4n) is 2.57. The Hall–Kier alpha value is -2.22. The number of hydrogen-bond acceptors (Lipinski definition) is 5. The van der Waals surface area contributed by atoms with Gasteiger partial charge in [0, 0.05) is 35.7 Å². The third kappa shape index (κ3) is 13.9. The quantitative estimate of drug-likeness (QED) is 0.161. The zero-order valence-electron chi connectivity index (χ0n) is 17.1. The monoisotopic (exact) mass is 470 g/mol. The summed E-state index contributed by atoms with van der Waals surface area (Å²) in [5.41, 5.74) is 18.8. The van der Waals surface area contributed by atoms with Gasteiger partial charge in [-0.15, -0.1) is 11.6 Å². The van der Waals surface area contributed by atoms with Gasteiger partial charge < -0.3 is 5.11 Å². The highest BCUT2D eigenvalue weighted by Crippen LogP contribution is 2.16. The van der Waals surface area contributed by atoms with Crippen molar-refractivity contribution < 1.29 is 9.90 Å². The van der Waals surface area contributed by atoms with Crippen LogP contribution in [0.25, 0.3) is 20.9 Å². The molecule has 0 aliphatic rings. The van der Waals surface area contributed by atoms with Gasteiger partial charge in [0.05, 0.1) is 0 Å². The molecule has 2 rings (SSSR count). The van der Waals surface area contributed by atoms with Gasteiger partial charge in [-0.25, -0.2) is 0 Å². The first-order valence-corrected chi connectivity index (χ1v) is 11.9. The Morgan fingerprint density at radius 3 is 1.87 bits per heavy atom. The van der Waals surface area contributed by atoms with E-state index in [1.54, 1.807) is 22.7 Å². The average Bonchev–Trinajstić information content (AvgIpc) is 3.45. The minimum absolute atomic E-state index is 0.0366. The van der Waals surface area contributed by atoms with Gasteiger partial charge in [0.25, 0.3) is 0 Å². The van der Waals surface area contributed by atoms with E-state index in [2.05, 4.69) is 55.4 Å². The second-order valence-electron chi connectivity index (χ2n) is 6.24. The number of nitrogens with zero attached hydrogens (tertiary/aromatic N) is 6. The highest BCUT2D eigenvalue weighted by atomic mass is 35.5. The molecule has 0 spiro atoms. The van der Waals surface area contributed by atoms with Gasteiger partial charge in [-0.1, -0.05) is 23.6 Å². The first-order chi connectivity index (χ1) is 14.6. The highest BCUT2D eigenvalue weighted by Gasteiger charge is 2.13. The number of carboxylic acid groups (broad SMARTS) is 1. The van der Waals surface area contributed by atoms with E-state index < -0.39 is 5.97 Å². The van der Waals surface area contributed by atoms with E-state index in [9.17, 15) is 4.79 Å². The molecule has 1 N–H and O–H groups in total. The van der Waals surface area contributed by atoms with Gasteiger partial charge in [-0.2, -0.15) is 22.7 Å². The standard InChI is InChI=1S/C9H11N3O2S.C9H13N3S.CH3Cl/c10-12-11-5-8(4-9(13)14)3-7-1-2-15-6-7;1-2-8(6-11-12-10)5-9-3-4-13-7-9;1-2/h1-2,6,8H,3-5H2,(H,13,14);3-4,7-8H,2,5-6H2,1H3;1H3. The van der Waals surface area contributed by atoms with E-state index in [1.165, 1.54) is 11.9 Å². The number of alkyl halides is 1. The normalized spacial score (nSPS) is 11.3. The molecule has 0 radical (unpaired) electrons. The van der Waals surface area contributed by atoms with Gasteiger partial charge in [-0.3, -0.25) is 4.79 Å². The molecule has 11 heteroatoms. The summed E-state index contributed by atoms with van der Waals surface area (Å²) in [5.74, 6) is -0.484. The van der Waals surface area contributed by atoms with Crippen molar-refractivity contribution in [1.82, 2.24) is 0 Å². The van der Waals surface area contributed by atoms with E-state index in [1.807, 2.05) is 16.8 Å². The number of aliphatic carboxylic acids is 1. The summed E-state index contributed by atoms with van der Waals surface area (Å²) >= 11 is 7.92. The lowest BCUT2D eigenvalue weighted by Crippen LogP contribution is -2.13. The van der Waals surface area contributed by atoms with Gasteiger partial charge in [-0.05, 0) is 80.5 Å². The maximum atomic E-state index is 10.6. The van der Waals surface area contributed by atoms with Crippen LogP contribution in [0.3, 0.4) is 0 Å². The average molecular weight is 471 g/mol. The summed E-state index contributed by atoms with van der Waals surface area (Å²) < 4.78 is 0. The molecular weight excluding hydrogens is 444 g/mol. The Morgan fingerprint density at radius 1 is 1.03 bits per heavy atom. The van der Waals surface area contributed by atoms with Crippen LogP contribution in [0.4, 0.5) is 0 Å². The first kappa shape index (κ1) is 27.8. The van der Waals surface area contributed by atoms with Crippen LogP contribution in [0.1, 0.15) is 30.9 Å². The summed E-state index contributed by atoms with van der Waals surface area (Å²) in [6, 6.07) is 4.08. The highest BCUT2D eigenvalue weighted by molar-refractivity contribution is 7.08. The van der Waals surface area contributed by atoms with Crippen LogP contribution >= 0.6 is 34.3 Å². The van der Waals surface area contributed by atoms with Crippen molar-refractivity contribution in [2.75, 3.05) is 19.5 Å². The summed E-state index contributed by atoms with van der Waals surface area (Å²) in [7, 11) is 0. The van der Waals surface area contributed by atoms with Crippen molar-refractivity contribution >= 4 is 40.2 Å². The third-order valence-corrected chi connectivity index (χ3v) is 5.52. The molecular formula is C19H27ClN6O2S2. The van der Waals surface area contributed by atoms with Crippen molar-refractivity contribution in [1.29, 1.82) is 0 Å². The van der Waals surface area contributed by atoms with Crippen LogP contribution < -0.4 is 0 Å². The Morgan fingerprint density at radius 2 is 1.50 bits per heavy atom. The number of carboxylic acids is 1. The lowest BCUT2D eigenvalue weighted by Gasteiger charge is -2.10. The van der Waals surface area contributed by atoms with Crippen LogP contribution in [-0.4, -0.2) is 30.5 Å². The summed E-state index contributed by atoms with van der Waals surface area (Å²) in [6.45, 7) is 2.98. The molecule has 30 heavy (non-hydrogen) atoms. The minimum atomic E-state index is -0.858. The molecule has 2 aromatic rings. The molecule has 0 bridgehead atoms. The molecule has 0 fully saturated rings. The second kappa shape index (κ2) is 18.8. The molecule has 2 heterocycles. The van der Waals surface area contributed by atoms with Crippen LogP contribution in [0.2, 0.25) is 0 Å². The van der Waals surface area contributed by atoms with Gasteiger partial charge in [0.1, 0.15) is 0 Å². The molecule has 0 aromatic carbocycles. The van der Waals surface area contributed by atoms with Gasteiger partial charge in [0.15, 0.2) is 0 Å². The number of hydrogen-bond donors (Lipinski definition) is 1. The number of carbonyl (C=O) groups is 1. The molecule has 0 aliphatic carbocycles. The van der Waals surface area contributed by atoms with Gasteiger partial charge in [0.2, 0.25) is 0 Å². The summed E-state index contributed by atoms with van der Waals surface area (Å²) in [6.07, 6.45) is 4.25. The molecule has 2 atom stereocenters. The molecule has 0 aliphatic heterocycles. The number of azide groups is 2. The van der Waals surface area contributed by atoms with E-state index in [0.717, 1.165) is 18.4 Å². The van der Waals surface area contributed by atoms with Crippen LogP contribution in [0.15, 0.2) is 43.9 Å². The lowest BCUT2D eigenvalue weighted by atomic mass is 9.98. The van der Waals surface area contributed by atoms with Crippen molar-refractivity contribution in [3.8, 4) is 0 Å². The maximum Gasteiger partial charge on any atom is 0.303 e. The predicted molar refractivity (Wildman–Crippen MR) is 125 cm³/mol. The molecule has 0 saturated carbocycles. The number of halogens is 1. The van der Waals surface area contributed by atoms with E-state index in [0.29, 0.717) is 18.9 Å². The lowest BCUT2D eigenvalue weighted by molar-refractivity contribution is -0.138. The van der Waals surface area contributed by atoms with Crippen molar-refractivity contribution in [3.63, 3.8) is 0 Å². The van der Waals surface area contributed by atoms with E-state index in [-0.39, 0.29) is 18.9 Å². The zero-order chi connectivity index (χ0) is 22.6. The SMILES string of the molecule is CCC(CN=[N+]=[N-])Cc1ccsc1.CCl.[N-]=[N+]=NCC(CC(=O)O)Cc1ccsc1. The molecule has 2 unspecified atom stereocenters. The molecule has 0 amide bonds. The molecule has 2 aromatic heterocycles. The molecule has 8 nitrogen and oxygen atoms in total. The fourth-order valence-corrected chi connectivity index (χ4v) is 3.94. The number of thiophene rings is 2.